The Bertz CT molecular complexity index is 621. The fourth-order valence-electron chi connectivity index (χ4n) is 1.72. The number of nitrogen functional groups attached to an aromatic ring is 1. The van der Waals surface area contributed by atoms with E-state index in [1.54, 1.807) is 12.1 Å². The van der Waals surface area contributed by atoms with Crippen molar-refractivity contribution in [1.82, 2.24) is 0 Å². The summed E-state index contributed by atoms with van der Waals surface area (Å²) in [6, 6.07) is 10.0. The van der Waals surface area contributed by atoms with E-state index in [0.29, 0.717) is 16.4 Å². The van der Waals surface area contributed by atoms with Crippen LogP contribution < -0.4 is 11.1 Å². The highest BCUT2D eigenvalue weighted by molar-refractivity contribution is 6.33. The summed E-state index contributed by atoms with van der Waals surface area (Å²) >= 11 is 6.11. The van der Waals surface area contributed by atoms with Crippen molar-refractivity contribution >= 4 is 34.6 Å². The van der Waals surface area contributed by atoms with Crippen molar-refractivity contribution in [1.29, 1.82) is 0 Å². The van der Waals surface area contributed by atoms with Crippen LogP contribution in [0.3, 0.4) is 0 Å². The zero-order valence-corrected chi connectivity index (χ0v) is 11.0. The maximum absolute atomic E-state index is 11.0. The van der Waals surface area contributed by atoms with Crippen LogP contribution in [0, 0.1) is 6.92 Å². The maximum atomic E-state index is 11.0. The van der Waals surface area contributed by atoms with E-state index >= 15 is 0 Å². The molecule has 0 heterocycles. The van der Waals surface area contributed by atoms with Gasteiger partial charge < -0.3 is 16.2 Å². The van der Waals surface area contributed by atoms with Crippen molar-refractivity contribution in [2.75, 3.05) is 11.1 Å². The predicted molar refractivity (Wildman–Crippen MR) is 77.3 cm³/mol. The van der Waals surface area contributed by atoms with Crippen LogP contribution in [0.25, 0.3) is 0 Å². The highest BCUT2D eigenvalue weighted by Crippen LogP contribution is 2.31. The number of benzene rings is 2. The first-order chi connectivity index (χ1) is 8.99. The lowest BCUT2D eigenvalue weighted by Gasteiger charge is -2.13. The molecule has 98 valence electrons. The molecule has 4 nitrogen and oxygen atoms in total. The predicted octanol–water partition coefficient (Wildman–Crippen LogP) is 3.67. The third kappa shape index (κ3) is 2.80. The monoisotopic (exact) mass is 276 g/mol. The van der Waals surface area contributed by atoms with Crippen molar-refractivity contribution < 1.29 is 9.90 Å². The molecule has 2 aromatic carbocycles. The number of halogens is 1. The Labute approximate surface area is 115 Å². The summed E-state index contributed by atoms with van der Waals surface area (Å²) in [5.74, 6) is -1.00. The van der Waals surface area contributed by atoms with Crippen LogP contribution in [-0.4, -0.2) is 11.1 Å². The lowest BCUT2D eigenvalue weighted by atomic mass is 10.1. The van der Waals surface area contributed by atoms with Gasteiger partial charge in [0.25, 0.3) is 0 Å². The Morgan fingerprint density at radius 2 is 2.05 bits per heavy atom. The molecule has 0 unspecified atom stereocenters. The topological polar surface area (TPSA) is 75.3 Å². The molecule has 0 atom stereocenters. The number of rotatable bonds is 3. The lowest BCUT2D eigenvalue weighted by molar-refractivity contribution is 0.0697. The van der Waals surface area contributed by atoms with Gasteiger partial charge in [-0.05, 0) is 36.8 Å². The lowest BCUT2D eigenvalue weighted by Crippen LogP contribution is -2.02. The first-order valence-electron chi connectivity index (χ1n) is 5.64. The number of hydrogen-bond acceptors (Lipinski definition) is 3. The number of aromatic carboxylic acids is 1. The van der Waals surface area contributed by atoms with Gasteiger partial charge in [0.2, 0.25) is 0 Å². The number of hydrogen-bond donors (Lipinski definition) is 3. The summed E-state index contributed by atoms with van der Waals surface area (Å²) in [7, 11) is 0. The molecule has 0 saturated heterocycles. The van der Waals surface area contributed by atoms with Gasteiger partial charge in [0.05, 0.1) is 27.6 Å². The largest absolute Gasteiger partial charge is 0.478 e. The minimum Gasteiger partial charge on any atom is -0.478 e. The second kappa shape index (κ2) is 5.20. The minimum absolute atomic E-state index is 0.168. The third-order valence-corrected chi connectivity index (χ3v) is 3.10. The normalized spacial score (nSPS) is 10.2. The molecule has 2 aromatic rings. The average Bonchev–Trinajstić information content (AvgIpc) is 2.35. The molecule has 19 heavy (non-hydrogen) atoms. The third-order valence-electron chi connectivity index (χ3n) is 2.78. The van der Waals surface area contributed by atoms with Crippen LogP contribution >= 0.6 is 11.6 Å². The molecule has 0 radical (unpaired) electrons. The van der Waals surface area contributed by atoms with Crippen molar-refractivity contribution in [2.45, 2.75) is 6.92 Å². The van der Waals surface area contributed by atoms with Crippen LogP contribution in [-0.2, 0) is 0 Å². The summed E-state index contributed by atoms with van der Waals surface area (Å²) in [4.78, 5) is 11.0. The van der Waals surface area contributed by atoms with Crippen LogP contribution in [0.2, 0.25) is 5.02 Å². The SMILES string of the molecule is Cc1cccc(Cl)c1Nc1cc(C(=O)O)ccc1N. The number of nitrogens with one attached hydrogen (secondary N) is 1. The van der Waals surface area contributed by atoms with E-state index in [-0.39, 0.29) is 5.56 Å². The van der Waals surface area contributed by atoms with Gasteiger partial charge in [0.15, 0.2) is 0 Å². The van der Waals surface area contributed by atoms with Gasteiger partial charge in [0.1, 0.15) is 0 Å². The van der Waals surface area contributed by atoms with Crippen molar-refractivity contribution in [3.8, 4) is 0 Å². The molecule has 0 spiro atoms. The smallest absolute Gasteiger partial charge is 0.335 e. The number of carbonyl (C=O) groups is 1. The molecule has 0 saturated carbocycles. The summed E-state index contributed by atoms with van der Waals surface area (Å²) in [6.07, 6.45) is 0. The first-order valence-corrected chi connectivity index (χ1v) is 6.02. The molecular weight excluding hydrogens is 264 g/mol. The molecule has 0 aliphatic heterocycles. The van der Waals surface area contributed by atoms with Gasteiger partial charge >= 0.3 is 5.97 Å². The molecule has 0 bridgehead atoms. The van der Waals surface area contributed by atoms with Crippen LogP contribution in [0.15, 0.2) is 36.4 Å². The van der Waals surface area contributed by atoms with E-state index in [1.807, 2.05) is 19.1 Å². The number of carboxylic acid groups (broad SMARTS) is 1. The van der Waals surface area contributed by atoms with E-state index in [9.17, 15) is 4.79 Å². The minimum atomic E-state index is -1.00. The molecule has 2 rings (SSSR count). The van der Waals surface area contributed by atoms with Gasteiger partial charge in [-0.25, -0.2) is 4.79 Å². The van der Waals surface area contributed by atoms with Crippen molar-refractivity contribution in [3.63, 3.8) is 0 Å². The summed E-state index contributed by atoms with van der Waals surface area (Å²) in [5, 5.41) is 12.6. The van der Waals surface area contributed by atoms with E-state index < -0.39 is 5.97 Å². The van der Waals surface area contributed by atoms with Crippen molar-refractivity contribution in [3.05, 3.63) is 52.5 Å². The highest BCUT2D eigenvalue weighted by atomic mass is 35.5. The van der Waals surface area contributed by atoms with Gasteiger partial charge in [-0.1, -0.05) is 23.7 Å². The van der Waals surface area contributed by atoms with E-state index in [0.717, 1.165) is 11.3 Å². The number of para-hydroxylation sites is 1. The van der Waals surface area contributed by atoms with Crippen LogP contribution in [0.1, 0.15) is 15.9 Å². The van der Waals surface area contributed by atoms with Gasteiger partial charge in [-0.15, -0.1) is 0 Å². The molecule has 0 aromatic heterocycles. The van der Waals surface area contributed by atoms with E-state index in [1.165, 1.54) is 12.1 Å². The number of anilines is 3. The average molecular weight is 277 g/mol. The first kappa shape index (κ1) is 13.2. The Hall–Kier alpha value is -2.20. The van der Waals surface area contributed by atoms with Crippen LogP contribution in [0.5, 0.6) is 0 Å². The molecule has 0 amide bonds. The van der Waals surface area contributed by atoms with Crippen LogP contribution in [0.4, 0.5) is 17.1 Å². The number of nitrogens with two attached hydrogens (primary N) is 1. The van der Waals surface area contributed by atoms with Gasteiger partial charge in [0, 0.05) is 0 Å². The quantitative estimate of drug-likeness (QED) is 0.748. The Kier molecular flexibility index (Phi) is 3.62. The van der Waals surface area contributed by atoms with E-state index in [2.05, 4.69) is 5.32 Å². The fourth-order valence-corrected chi connectivity index (χ4v) is 1.99. The molecular formula is C14H13ClN2O2. The summed E-state index contributed by atoms with van der Waals surface area (Å²) in [5.41, 5.74) is 8.67. The summed E-state index contributed by atoms with van der Waals surface area (Å²) < 4.78 is 0. The number of aryl methyl sites for hydroxylation is 1. The molecule has 0 fully saturated rings. The Balaban J connectivity index is 2.43. The standard InChI is InChI=1S/C14H13ClN2O2/c1-8-3-2-4-10(15)13(8)17-12-7-9(14(18)19)5-6-11(12)16/h2-7,17H,16H2,1H3,(H,18,19). The Morgan fingerprint density at radius 3 is 2.68 bits per heavy atom. The second-order valence-corrected chi connectivity index (χ2v) is 4.57. The summed E-state index contributed by atoms with van der Waals surface area (Å²) in [6.45, 7) is 1.91. The zero-order valence-electron chi connectivity index (χ0n) is 10.3. The van der Waals surface area contributed by atoms with E-state index in [4.69, 9.17) is 22.4 Å². The fraction of sp³-hybridized carbons (Fsp3) is 0.0714. The molecule has 0 aliphatic carbocycles. The molecule has 4 N–H and O–H groups in total. The zero-order chi connectivity index (χ0) is 14.0. The highest BCUT2D eigenvalue weighted by Gasteiger charge is 2.09. The molecule has 0 aliphatic rings. The number of carboxylic acids is 1. The van der Waals surface area contributed by atoms with Gasteiger partial charge in [-0.3, -0.25) is 0 Å². The Morgan fingerprint density at radius 1 is 1.32 bits per heavy atom. The molecule has 5 heteroatoms. The van der Waals surface area contributed by atoms with Gasteiger partial charge in [-0.2, -0.15) is 0 Å². The maximum Gasteiger partial charge on any atom is 0.335 e. The van der Waals surface area contributed by atoms with Crippen molar-refractivity contribution in [2.24, 2.45) is 0 Å². The second-order valence-electron chi connectivity index (χ2n) is 4.16.